The number of carbonyl (C=O) groups is 1. The van der Waals surface area contributed by atoms with E-state index < -0.39 is 0 Å². The Balaban J connectivity index is 1.20. The van der Waals surface area contributed by atoms with Crippen LogP contribution in [-0.2, 0) is 0 Å². The first-order valence-electron chi connectivity index (χ1n) is 11.7. The third-order valence-electron chi connectivity index (χ3n) is 6.25. The summed E-state index contributed by atoms with van der Waals surface area (Å²) >= 11 is 2.45. The Morgan fingerprint density at radius 2 is 1.46 bits per heavy atom. The number of thiazole rings is 1. The first-order chi connectivity index (χ1) is 18.0. The summed E-state index contributed by atoms with van der Waals surface area (Å²) in [5.41, 5.74) is 10.1. The Labute approximate surface area is 222 Å². The van der Waals surface area contributed by atoms with E-state index >= 15 is 0 Å². The summed E-state index contributed by atoms with van der Waals surface area (Å²) in [6.07, 6.45) is 0. The van der Waals surface area contributed by atoms with Crippen molar-refractivity contribution in [2.45, 2.75) is 6.04 Å². The Bertz CT molecular complexity index is 1290. The molecule has 0 saturated carbocycles. The van der Waals surface area contributed by atoms with Crippen LogP contribution in [-0.4, -0.2) is 46.2 Å². The molecule has 2 heterocycles. The van der Waals surface area contributed by atoms with Crippen LogP contribution < -0.4 is 10.5 Å². The summed E-state index contributed by atoms with van der Waals surface area (Å²) in [6, 6.07) is 20.1. The number of carbonyl (C=O) groups excluding carboxylic acids is 1. The molecular formula is C27H25F2N5OS2. The van der Waals surface area contributed by atoms with Gasteiger partial charge in [0, 0.05) is 54.8 Å². The van der Waals surface area contributed by atoms with E-state index in [1.807, 2.05) is 29.6 Å². The van der Waals surface area contributed by atoms with Gasteiger partial charge in [-0.2, -0.15) is 0 Å². The Morgan fingerprint density at radius 3 is 2.03 bits per heavy atom. The predicted octanol–water partition coefficient (Wildman–Crippen LogP) is 6.26. The highest BCUT2D eigenvalue weighted by Crippen LogP contribution is 2.31. The third-order valence-corrected chi connectivity index (χ3v) is 7.86. The lowest BCUT2D eigenvalue weighted by molar-refractivity contribution is 0.131. The van der Waals surface area contributed by atoms with Gasteiger partial charge in [-0.15, -0.1) is 11.3 Å². The molecule has 1 aromatic heterocycles. The number of nitrogen functional groups attached to an aromatic ring is 1. The number of rotatable bonds is 6. The highest BCUT2D eigenvalue weighted by Gasteiger charge is 2.28. The van der Waals surface area contributed by atoms with E-state index in [1.165, 1.54) is 35.6 Å². The van der Waals surface area contributed by atoms with Crippen LogP contribution >= 0.6 is 23.3 Å². The van der Waals surface area contributed by atoms with Gasteiger partial charge in [0.2, 0.25) is 0 Å². The predicted molar refractivity (Wildman–Crippen MR) is 146 cm³/mol. The molecule has 0 radical (unpaired) electrons. The summed E-state index contributed by atoms with van der Waals surface area (Å²) in [6.45, 7) is 2.34. The van der Waals surface area contributed by atoms with Gasteiger partial charge in [-0.05, 0) is 47.5 Å². The molecule has 0 aliphatic carbocycles. The first-order valence-corrected chi connectivity index (χ1v) is 13.4. The maximum Gasteiger partial charge on any atom is 0.302 e. The zero-order chi connectivity index (χ0) is 25.8. The van der Waals surface area contributed by atoms with E-state index in [-0.39, 0.29) is 22.9 Å². The summed E-state index contributed by atoms with van der Waals surface area (Å²) < 4.78 is 30.2. The molecule has 1 saturated heterocycles. The van der Waals surface area contributed by atoms with Gasteiger partial charge in [-0.25, -0.2) is 13.8 Å². The standard InChI is InChI=1S/C27H25F2N5OS2/c28-21-7-1-19(2-8-21)25(20-3-9-22(29)10-4-20)33-13-15-34(16-14-33)27(35)37-32-26-31-24(17-36-26)18-5-11-23(30)12-6-18/h1-12,17,25H,13-16,30H2,(H,31,32). The highest BCUT2D eigenvalue weighted by molar-refractivity contribution is 8.14. The molecule has 1 aliphatic rings. The van der Waals surface area contributed by atoms with E-state index in [1.54, 1.807) is 29.2 Å². The number of aromatic nitrogens is 1. The molecule has 3 N–H and O–H groups in total. The van der Waals surface area contributed by atoms with Gasteiger partial charge < -0.3 is 10.6 Å². The van der Waals surface area contributed by atoms with Gasteiger partial charge >= 0.3 is 5.24 Å². The smallest absolute Gasteiger partial charge is 0.302 e. The molecule has 3 aromatic carbocycles. The molecule has 37 heavy (non-hydrogen) atoms. The fraction of sp³-hybridized carbons (Fsp3) is 0.185. The fourth-order valence-corrected chi connectivity index (χ4v) is 5.74. The van der Waals surface area contributed by atoms with Gasteiger partial charge in [0.1, 0.15) is 11.6 Å². The zero-order valence-corrected chi connectivity index (χ0v) is 21.4. The molecule has 1 amide bonds. The second-order valence-electron chi connectivity index (χ2n) is 8.66. The van der Waals surface area contributed by atoms with Crippen molar-refractivity contribution < 1.29 is 13.6 Å². The summed E-state index contributed by atoms with van der Waals surface area (Å²) in [5, 5.41) is 2.50. The van der Waals surface area contributed by atoms with Crippen molar-refractivity contribution in [3.8, 4) is 11.3 Å². The normalized spacial score (nSPS) is 14.2. The van der Waals surface area contributed by atoms with Crippen molar-refractivity contribution in [2.24, 2.45) is 0 Å². The third kappa shape index (κ3) is 6.10. The van der Waals surface area contributed by atoms with Crippen molar-refractivity contribution in [3.05, 3.63) is 101 Å². The molecule has 0 bridgehead atoms. The van der Waals surface area contributed by atoms with E-state index in [0.29, 0.717) is 37.0 Å². The average molecular weight is 538 g/mol. The lowest BCUT2D eigenvalue weighted by atomic mass is 9.96. The minimum absolute atomic E-state index is 0.0796. The molecule has 5 rings (SSSR count). The molecule has 190 valence electrons. The second kappa shape index (κ2) is 11.3. The number of anilines is 2. The number of nitrogens with zero attached hydrogens (tertiary/aromatic N) is 3. The number of nitrogens with one attached hydrogen (secondary N) is 1. The maximum atomic E-state index is 13.6. The van der Waals surface area contributed by atoms with Crippen molar-refractivity contribution in [1.82, 2.24) is 14.8 Å². The summed E-state index contributed by atoms with van der Waals surface area (Å²) in [4.78, 5) is 21.5. The van der Waals surface area contributed by atoms with Crippen molar-refractivity contribution in [1.29, 1.82) is 0 Å². The molecule has 1 aliphatic heterocycles. The molecule has 0 unspecified atom stereocenters. The second-order valence-corrected chi connectivity index (χ2v) is 10.3. The minimum atomic E-state index is -0.303. The molecule has 0 atom stereocenters. The number of halogens is 2. The van der Waals surface area contributed by atoms with E-state index in [0.717, 1.165) is 34.3 Å². The van der Waals surface area contributed by atoms with Crippen LogP contribution in [0.25, 0.3) is 11.3 Å². The Hall–Kier alpha value is -3.47. The van der Waals surface area contributed by atoms with Crippen molar-refractivity contribution >= 4 is 39.3 Å². The van der Waals surface area contributed by atoms with E-state index in [2.05, 4.69) is 14.6 Å². The van der Waals surface area contributed by atoms with Crippen LogP contribution in [0.1, 0.15) is 17.2 Å². The molecular weight excluding hydrogens is 512 g/mol. The van der Waals surface area contributed by atoms with Crippen LogP contribution in [0.3, 0.4) is 0 Å². The van der Waals surface area contributed by atoms with Crippen molar-refractivity contribution in [2.75, 3.05) is 36.6 Å². The largest absolute Gasteiger partial charge is 0.399 e. The average Bonchev–Trinajstić information content (AvgIpc) is 3.39. The lowest BCUT2D eigenvalue weighted by Crippen LogP contribution is -2.49. The number of amides is 1. The molecule has 0 spiro atoms. The van der Waals surface area contributed by atoms with Gasteiger partial charge in [-0.3, -0.25) is 14.4 Å². The first kappa shape index (κ1) is 25.2. The van der Waals surface area contributed by atoms with Crippen LogP contribution in [0.5, 0.6) is 0 Å². The number of piperazine rings is 1. The SMILES string of the molecule is Nc1ccc(-c2csc(NSC(=O)N3CCN(C(c4ccc(F)cc4)c4ccc(F)cc4)CC3)n2)cc1. The monoisotopic (exact) mass is 537 g/mol. The number of hydrogen-bond acceptors (Lipinski definition) is 7. The van der Waals surface area contributed by atoms with Crippen LogP contribution in [0.2, 0.25) is 0 Å². The molecule has 10 heteroatoms. The van der Waals surface area contributed by atoms with Gasteiger partial charge in [0.15, 0.2) is 5.13 Å². The Kier molecular flexibility index (Phi) is 7.68. The molecule has 1 fully saturated rings. The minimum Gasteiger partial charge on any atom is -0.399 e. The van der Waals surface area contributed by atoms with E-state index in [4.69, 9.17) is 5.73 Å². The topological polar surface area (TPSA) is 74.5 Å². The maximum absolute atomic E-state index is 13.6. The summed E-state index contributed by atoms with van der Waals surface area (Å²) in [7, 11) is 0. The zero-order valence-electron chi connectivity index (χ0n) is 19.8. The van der Waals surface area contributed by atoms with Crippen LogP contribution in [0.4, 0.5) is 24.4 Å². The van der Waals surface area contributed by atoms with Crippen LogP contribution in [0, 0.1) is 11.6 Å². The quantitative estimate of drug-likeness (QED) is 0.224. The number of nitrogens with two attached hydrogens (primary N) is 1. The number of benzene rings is 3. The molecule has 4 aromatic rings. The molecule has 6 nitrogen and oxygen atoms in total. The number of hydrogen-bond donors (Lipinski definition) is 2. The lowest BCUT2D eigenvalue weighted by Gasteiger charge is -2.39. The Morgan fingerprint density at radius 1 is 0.892 bits per heavy atom. The van der Waals surface area contributed by atoms with Gasteiger partial charge in [-0.1, -0.05) is 36.4 Å². The van der Waals surface area contributed by atoms with Gasteiger partial charge in [0.25, 0.3) is 0 Å². The summed E-state index contributed by atoms with van der Waals surface area (Å²) in [5.74, 6) is -0.607. The van der Waals surface area contributed by atoms with Crippen molar-refractivity contribution in [3.63, 3.8) is 0 Å². The fourth-order valence-electron chi connectivity index (χ4n) is 4.33. The van der Waals surface area contributed by atoms with Crippen LogP contribution in [0.15, 0.2) is 78.2 Å². The van der Waals surface area contributed by atoms with Gasteiger partial charge in [0.05, 0.1) is 11.7 Å². The highest BCUT2D eigenvalue weighted by atomic mass is 32.2. The van der Waals surface area contributed by atoms with E-state index in [9.17, 15) is 13.6 Å².